The van der Waals surface area contributed by atoms with Crippen molar-refractivity contribution in [1.82, 2.24) is 10.2 Å². The maximum absolute atomic E-state index is 12.2. The van der Waals surface area contributed by atoms with Gasteiger partial charge in [0, 0.05) is 23.7 Å². The first-order valence-corrected chi connectivity index (χ1v) is 7.40. The van der Waals surface area contributed by atoms with Gasteiger partial charge in [0.15, 0.2) is 0 Å². The first-order valence-electron chi connectivity index (χ1n) is 7.40. The molecule has 112 valence electrons. The van der Waals surface area contributed by atoms with Crippen LogP contribution in [0.1, 0.15) is 34.3 Å². The summed E-state index contributed by atoms with van der Waals surface area (Å²) in [7, 11) is 2.11. The number of aryl methyl sites for hydroxylation is 1. The number of nitrogens with two attached hydrogens (primary N) is 1. The number of carbonyl (C=O) groups excluding carboxylic acids is 1. The summed E-state index contributed by atoms with van der Waals surface area (Å²) in [5, 5.41) is 3.02. The number of likely N-dealkylation sites (tertiary alicyclic amines) is 1. The number of rotatable bonds is 3. The lowest BCUT2D eigenvalue weighted by atomic mass is 10.0. The molecule has 0 aliphatic carbocycles. The molecule has 2 rings (SSSR count). The third kappa shape index (κ3) is 4.07. The van der Waals surface area contributed by atoms with Gasteiger partial charge in [-0.2, -0.15) is 0 Å². The molecule has 1 fully saturated rings. The van der Waals surface area contributed by atoms with Crippen molar-refractivity contribution in [1.29, 1.82) is 0 Å². The monoisotopic (exact) mass is 285 g/mol. The summed E-state index contributed by atoms with van der Waals surface area (Å²) in [5.74, 6) is 5.82. The largest absolute Gasteiger partial charge is 0.350 e. The first kappa shape index (κ1) is 15.6. The molecule has 0 spiro atoms. The molecule has 1 aliphatic heterocycles. The zero-order chi connectivity index (χ0) is 15.2. The maximum atomic E-state index is 12.2. The van der Waals surface area contributed by atoms with Crippen molar-refractivity contribution in [3.05, 3.63) is 34.9 Å². The Balaban J connectivity index is 1.97. The average molecular weight is 285 g/mol. The number of hydrogen-bond acceptors (Lipinski definition) is 3. The van der Waals surface area contributed by atoms with Crippen LogP contribution >= 0.6 is 0 Å². The van der Waals surface area contributed by atoms with Crippen LogP contribution in [-0.4, -0.2) is 43.5 Å². The summed E-state index contributed by atoms with van der Waals surface area (Å²) >= 11 is 0. The standard InChI is InChI=1S/C17H23N3O/c1-13-11-15(8-7-14(13)5-3-9-18)17(21)19-12-16-6-4-10-20(16)2/h7-8,11,16H,4,6,9-10,12,18H2,1-2H3,(H,19,21). The third-order valence-corrected chi connectivity index (χ3v) is 3.98. The minimum absolute atomic E-state index is 0.0169. The van der Waals surface area contributed by atoms with Gasteiger partial charge in [0.2, 0.25) is 0 Å². The molecule has 0 radical (unpaired) electrons. The summed E-state index contributed by atoms with van der Waals surface area (Å²) < 4.78 is 0. The minimum Gasteiger partial charge on any atom is -0.350 e. The van der Waals surface area contributed by atoms with E-state index < -0.39 is 0 Å². The van der Waals surface area contributed by atoms with E-state index in [9.17, 15) is 4.79 Å². The van der Waals surface area contributed by atoms with E-state index in [1.807, 2.05) is 25.1 Å². The van der Waals surface area contributed by atoms with Crippen molar-refractivity contribution in [2.24, 2.45) is 5.73 Å². The number of benzene rings is 1. The molecular formula is C17H23N3O. The lowest BCUT2D eigenvalue weighted by molar-refractivity contribution is 0.0943. The molecule has 0 saturated carbocycles. The summed E-state index contributed by atoms with van der Waals surface area (Å²) in [5.41, 5.74) is 7.98. The summed E-state index contributed by atoms with van der Waals surface area (Å²) in [6.07, 6.45) is 2.37. The average Bonchev–Trinajstić information content (AvgIpc) is 2.88. The zero-order valence-electron chi connectivity index (χ0n) is 12.8. The Labute approximate surface area is 126 Å². The van der Waals surface area contributed by atoms with Crippen LogP contribution in [0.4, 0.5) is 0 Å². The van der Waals surface area contributed by atoms with E-state index in [-0.39, 0.29) is 5.91 Å². The lowest BCUT2D eigenvalue weighted by Crippen LogP contribution is -2.38. The van der Waals surface area contributed by atoms with E-state index >= 15 is 0 Å². The molecule has 1 heterocycles. The molecule has 3 N–H and O–H groups in total. The molecule has 21 heavy (non-hydrogen) atoms. The highest BCUT2D eigenvalue weighted by Crippen LogP contribution is 2.14. The predicted molar refractivity (Wildman–Crippen MR) is 85.1 cm³/mol. The fraction of sp³-hybridized carbons (Fsp3) is 0.471. The van der Waals surface area contributed by atoms with Gasteiger partial charge in [0.25, 0.3) is 5.91 Å². The Morgan fingerprint density at radius 1 is 1.52 bits per heavy atom. The second-order valence-corrected chi connectivity index (χ2v) is 5.52. The number of amides is 1. The number of carbonyl (C=O) groups is 1. The van der Waals surface area contributed by atoms with Crippen LogP contribution in [0.2, 0.25) is 0 Å². The number of likely N-dealkylation sites (N-methyl/N-ethyl adjacent to an activating group) is 1. The predicted octanol–water partition coefficient (Wildman–Crippen LogP) is 1.13. The minimum atomic E-state index is -0.0169. The highest BCUT2D eigenvalue weighted by atomic mass is 16.1. The molecule has 1 saturated heterocycles. The van der Waals surface area contributed by atoms with Crippen LogP contribution in [0.3, 0.4) is 0 Å². The summed E-state index contributed by atoms with van der Waals surface area (Å²) in [4.78, 5) is 14.5. The molecule has 4 nitrogen and oxygen atoms in total. The molecule has 4 heteroatoms. The SMILES string of the molecule is Cc1cc(C(=O)NCC2CCCN2C)ccc1C#CCN. The van der Waals surface area contributed by atoms with Crippen molar-refractivity contribution in [3.8, 4) is 11.8 Å². The van der Waals surface area contributed by atoms with Crippen LogP contribution in [0.25, 0.3) is 0 Å². The van der Waals surface area contributed by atoms with Gasteiger partial charge in [-0.1, -0.05) is 11.8 Å². The van der Waals surface area contributed by atoms with Crippen LogP contribution < -0.4 is 11.1 Å². The summed E-state index contributed by atoms with van der Waals surface area (Å²) in [6.45, 7) is 4.13. The molecule has 1 unspecified atom stereocenters. The number of nitrogens with zero attached hydrogens (tertiary/aromatic N) is 1. The van der Waals surface area contributed by atoms with Gasteiger partial charge in [-0.15, -0.1) is 0 Å². The van der Waals surface area contributed by atoms with Gasteiger partial charge in [0.1, 0.15) is 0 Å². The highest BCUT2D eigenvalue weighted by molar-refractivity contribution is 5.94. The Bertz CT molecular complexity index is 571. The van der Waals surface area contributed by atoms with Crippen molar-refractivity contribution in [3.63, 3.8) is 0 Å². The molecule has 0 aromatic heterocycles. The summed E-state index contributed by atoms with van der Waals surface area (Å²) in [6, 6.07) is 6.05. The Hall–Kier alpha value is -1.83. The Morgan fingerprint density at radius 3 is 2.95 bits per heavy atom. The Kier molecular flexibility index (Phi) is 5.38. The lowest BCUT2D eigenvalue weighted by Gasteiger charge is -2.19. The fourth-order valence-electron chi connectivity index (χ4n) is 2.64. The number of nitrogens with one attached hydrogen (secondary N) is 1. The second-order valence-electron chi connectivity index (χ2n) is 5.52. The molecule has 1 atom stereocenters. The van der Waals surface area contributed by atoms with Crippen LogP contribution in [0, 0.1) is 18.8 Å². The van der Waals surface area contributed by atoms with E-state index in [1.165, 1.54) is 6.42 Å². The molecule has 1 aromatic rings. The van der Waals surface area contributed by atoms with Gasteiger partial charge >= 0.3 is 0 Å². The number of hydrogen-bond donors (Lipinski definition) is 2. The smallest absolute Gasteiger partial charge is 0.251 e. The van der Waals surface area contributed by atoms with Gasteiger partial charge in [0.05, 0.1) is 6.54 Å². The van der Waals surface area contributed by atoms with Gasteiger partial charge in [-0.3, -0.25) is 4.79 Å². The maximum Gasteiger partial charge on any atom is 0.251 e. The zero-order valence-corrected chi connectivity index (χ0v) is 12.8. The molecule has 1 amide bonds. The quantitative estimate of drug-likeness (QED) is 0.819. The first-order chi connectivity index (χ1) is 10.1. The third-order valence-electron chi connectivity index (χ3n) is 3.98. The second kappa shape index (κ2) is 7.26. The molecule has 1 aliphatic rings. The van der Waals surface area contributed by atoms with Crippen LogP contribution in [-0.2, 0) is 0 Å². The molecular weight excluding hydrogens is 262 g/mol. The van der Waals surface area contributed by atoms with Crippen LogP contribution in [0.5, 0.6) is 0 Å². The van der Waals surface area contributed by atoms with E-state index in [0.717, 1.165) is 24.1 Å². The molecule has 1 aromatic carbocycles. The molecule has 0 bridgehead atoms. The van der Waals surface area contributed by atoms with Crippen molar-refractivity contribution >= 4 is 5.91 Å². The van der Waals surface area contributed by atoms with Crippen LogP contribution in [0.15, 0.2) is 18.2 Å². The Morgan fingerprint density at radius 2 is 2.33 bits per heavy atom. The van der Waals surface area contributed by atoms with Crippen molar-refractivity contribution in [2.75, 3.05) is 26.7 Å². The van der Waals surface area contributed by atoms with E-state index in [4.69, 9.17) is 5.73 Å². The normalized spacial score (nSPS) is 18.1. The van der Waals surface area contributed by atoms with E-state index in [0.29, 0.717) is 24.7 Å². The topological polar surface area (TPSA) is 58.4 Å². The van der Waals surface area contributed by atoms with E-state index in [1.54, 1.807) is 0 Å². The highest BCUT2D eigenvalue weighted by Gasteiger charge is 2.21. The van der Waals surface area contributed by atoms with Crippen molar-refractivity contribution < 1.29 is 4.79 Å². The van der Waals surface area contributed by atoms with Gasteiger partial charge < -0.3 is 16.0 Å². The van der Waals surface area contributed by atoms with Gasteiger partial charge in [-0.25, -0.2) is 0 Å². The van der Waals surface area contributed by atoms with Crippen molar-refractivity contribution in [2.45, 2.75) is 25.8 Å². The fourth-order valence-corrected chi connectivity index (χ4v) is 2.64. The van der Waals surface area contributed by atoms with Gasteiger partial charge in [-0.05, 0) is 57.1 Å². The van der Waals surface area contributed by atoms with E-state index in [2.05, 4.69) is 29.1 Å².